The Bertz CT molecular complexity index is 1060. The molecule has 3 N–H and O–H groups in total. The Morgan fingerprint density at radius 2 is 2.00 bits per heavy atom. The first-order valence-electron chi connectivity index (χ1n) is 8.13. The zero-order valence-corrected chi connectivity index (χ0v) is 15.8. The van der Waals surface area contributed by atoms with Crippen molar-refractivity contribution in [3.8, 4) is 0 Å². The van der Waals surface area contributed by atoms with Crippen molar-refractivity contribution in [3.05, 3.63) is 65.9 Å². The van der Waals surface area contributed by atoms with Crippen molar-refractivity contribution < 1.29 is 31.5 Å². The van der Waals surface area contributed by atoms with Crippen molar-refractivity contribution in [2.24, 2.45) is 0 Å². The van der Waals surface area contributed by atoms with Crippen LogP contribution in [0.1, 0.15) is 15.9 Å². The first kappa shape index (κ1) is 20.3. The van der Waals surface area contributed by atoms with Gasteiger partial charge in [0, 0.05) is 18.4 Å². The predicted molar refractivity (Wildman–Crippen MR) is 99.1 cm³/mol. The van der Waals surface area contributed by atoms with Crippen LogP contribution in [0.3, 0.4) is 0 Å². The number of carbonyl (C=O) groups is 1. The van der Waals surface area contributed by atoms with Crippen LogP contribution in [-0.4, -0.2) is 31.9 Å². The number of nitrogens with zero attached hydrogens (tertiary/aromatic N) is 1. The molecule has 29 heavy (non-hydrogen) atoms. The number of halogens is 2. The number of rotatable bonds is 7. The molecule has 0 fully saturated rings. The van der Waals surface area contributed by atoms with E-state index in [0.717, 1.165) is 6.26 Å². The highest BCUT2D eigenvalue weighted by Gasteiger charge is 2.41. The fraction of sp³-hybridized carbons (Fsp3) is 0.176. The summed E-state index contributed by atoms with van der Waals surface area (Å²) in [6, 6.07) is 9.61. The molecular weight excluding hydrogens is 410 g/mol. The van der Waals surface area contributed by atoms with Crippen LogP contribution in [0.2, 0.25) is 0 Å². The normalized spacial score (nSPS) is 14.9. The average molecular weight is 426 g/mol. The van der Waals surface area contributed by atoms with Gasteiger partial charge in [-0.2, -0.15) is 0 Å². The van der Waals surface area contributed by atoms with Gasteiger partial charge in [0.25, 0.3) is 5.91 Å². The standard InChI is InChI=1S/C17H16F2N4O5S/c1-29(25,26)23-14-8-11(6-7-20-14)9-21-13-5-3-2-4-12(13)16(24)22-15-10-27-17(18,19)28-15/h2-8,10,21H,9H2,1H3,(H,20,23)(H,22,24). The molecule has 2 heterocycles. The van der Waals surface area contributed by atoms with Crippen molar-refractivity contribution in [1.82, 2.24) is 10.3 Å². The number of amides is 1. The minimum Gasteiger partial charge on any atom is -0.402 e. The van der Waals surface area contributed by atoms with E-state index in [1.54, 1.807) is 24.3 Å². The van der Waals surface area contributed by atoms with Crippen molar-refractivity contribution in [3.63, 3.8) is 0 Å². The van der Waals surface area contributed by atoms with Crippen LogP contribution in [0.15, 0.2) is 54.7 Å². The maximum Gasteiger partial charge on any atom is 0.586 e. The summed E-state index contributed by atoms with van der Waals surface area (Å²) in [4.78, 5) is 16.3. The number of nitrogens with one attached hydrogen (secondary N) is 3. The summed E-state index contributed by atoms with van der Waals surface area (Å²) in [7, 11) is -3.47. The fourth-order valence-electron chi connectivity index (χ4n) is 2.40. The molecule has 1 aromatic carbocycles. The molecule has 0 saturated heterocycles. The van der Waals surface area contributed by atoms with Gasteiger partial charge >= 0.3 is 6.29 Å². The van der Waals surface area contributed by atoms with Gasteiger partial charge in [0.2, 0.25) is 15.9 Å². The molecule has 1 aliphatic heterocycles. The van der Waals surface area contributed by atoms with Crippen molar-refractivity contribution in [1.29, 1.82) is 0 Å². The minimum atomic E-state index is -3.82. The summed E-state index contributed by atoms with van der Waals surface area (Å²) in [5.41, 5.74) is 1.29. The van der Waals surface area contributed by atoms with E-state index in [9.17, 15) is 22.0 Å². The number of carbonyl (C=O) groups excluding carboxylic acids is 1. The second kappa shape index (κ2) is 7.91. The molecule has 0 unspecified atom stereocenters. The van der Waals surface area contributed by atoms with Gasteiger partial charge < -0.3 is 14.8 Å². The SMILES string of the molecule is CS(=O)(=O)Nc1cc(CNc2ccccc2C(=O)NC2=COC(F)(F)O2)ccn1. The molecular formula is C17H16F2N4O5S. The van der Waals surface area contributed by atoms with E-state index >= 15 is 0 Å². The quantitative estimate of drug-likeness (QED) is 0.621. The number of benzene rings is 1. The number of para-hydroxylation sites is 1. The molecule has 1 aliphatic rings. The molecule has 0 spiro atoms. The molecule has 0 saturated carbocycles. The summed E-state index contributed by atoms with van der Waals surface area (Å²) in [6.07, 6.45) is -0.757. The predicted octanol–water partition coefficient (Wildman–Crippen LogP) is 2.19. The third-order valence-corrected chi connectivity index (χ3v) is 4.12. The fourth-order valence-corrected chi connectivity index (χ4v) is 2.89. The lowest BCUT2D eigenvalue weighted by Gasteiger charge is -2.13. The Balaban J connectivity index is 1.68. The van der Waals surface area contributed by atoms with Crippen LogP contribution < -0.4 is 15.4 Å². The average Bonchev–Trinajstić information content (AvgIpc) is 2.97. The largest absolute Gasteiger partial charge is 0.586 e. The summed E-state index contributed by atoms with van der Waals surface area (Å²) < 4.78 is 58.7. The number of aromatic nitrogens is 1. The van der Waals surface area contributed by atoms with E-state index in [1.807, 2.05) is 0 Å². The summed E-state index contributed by atoms with van der Waals surface area (Å²) in [6.45, 7) is 0.242. The maximum atomic E-state index is 12.9. The highest BCUT2D eigenvalue weighted by atomic mass is 32.2. The van der Waals surface area contributed by atoms with Crippen LogP contribution >= 0.6 is 0 Å². The lowest BCUT2D eigenvalue weighted by Crippen LogP contribution is -2.27. The van der Waals surface area contributed by atoms with Crippen LogP contribution in [0.4, 0.5) is 20.3 Å². The number of hydrogen-bond donors (Lipinski definition) is 3. The monoisotopic (exact) mass is 426 g/mol. The maximum absolute atomic E-state index is 12.9. The molecule has 0 bridgehead atoms. The molecule has 2 aromatic rings. The van der Waals surface area contributed by atoms with Crippen LogP contribution in [0, 0.1) is 0 Å². The second-order valence-electron chi connectivity index (χ2n) is 5.94. The van der Waals surface area contributed by atoms with Gasteiger partial charge in [-0.3, -0.25) is 14.8 Å². The number of ether oxygens (including phenoxy) is 2. The molecule has 0 aliphatic carbocycles. The molecule has 3 rings (SSSR count). The molecule has 0 atom stereocenters. The Labute approximate surface area is 164 Å². The summed E-state index contributed by atoms with van der Waals surface area (Å²) in [5.74, 6) is -1.04. The van der Waals surface area contributed by atoms with Crippen molar-refractivity contribution in [2.75, 3.05) is 16.3 Å². The van der Waals surface area contributed by atoms with E-state index in [4.69, 9.17) is 0 Å². The number of alkyl halides is 2. The van der Waals surface area contributed by atoms with Crippen LogP contribution in [-0.2, 0) is 26.0 Å². The Morgan fingerprint density at radius 3 is 2.69 bits per heavy atom. The lowest BCUT2D eigenvalue weighted by atomic mass is 10.1. The Hall–Kier alpha value is -3.41. The third-order valence-electron chi connectivity index (χ3n) is 3.54. The lowest BCUT2D eigenvalue weighted by molar-refractivity contribution is -0.334. The number of hydrogen-bond acceptors (Lipinski definition) is 7. The number of anilines is 2. The van der Waals surface area contributed by atoms with E-state index in [0.29, 0.717) is 17.5 Å². The van der Waals surface area contributed by atoms with Gasteiger partial charge in [0.15, 0.2) is 6.26 Å². The summed E-state index contributed by atoms with van der Waals surface area (Å²) >= 11 is 0. The molecule has 1 aromatic heterocycles. The van der Waals surface area contributed by atoms with Crippen molar-refractivity contribution >= 4 is 27.4 Å². The van der Waals surface area contributed by atoms with Gasteiger partial charge in [-0.1, -0.05) is 12.1 Å². The second-order valence-corrected chi connectivity index (χ2v) is 7.69. The first-order chi connectivity index (χ1) is 13.6. The topological polar surface area (TPSA) is 119 Å². The highest BCUT2D eigenvalue weighted by molar-refractivity contribution is 7.92. The molecule has 9 nitrogen and oxygen atoms in total. The van der Waals surface area contributed by atoms with E-state index < -0.39 is 28.1 Å². The molecule has 0 radical (unpaired) electrons. The smallest absolute Gasteiger partial charge is 0.402 e. The zero-order chi connectivity index (χ0) is 21.1. The van der Waals surface area contributed by atoms with Gasteiger partial charge in [0.1, 0.15) is 5.82 Å². The van der Waals surface area contributed by atoms with Crippen LogP contribution in [0.25, 0.3) is 0 Å². The minimum absolute atomic E-state index is 0.157. The van der Waals surface area contributed by atoms with Crippen LogP contribution in [0.5, 0.6) is 0 Å². The third kappa shape index (κ3) is 5.78. The Kier molecular flexibility index (Phi) is 5.55. The van der Waals surface area contributed by atoms with Crippen molar-refractivity contribution in [2.45, 2.75) is 12.8 Å². The van der Waals surface area contributed by atoms with Gasteiger partial charge in [0.05, 0.1) is 11.8 Å². The van der Waals surface area contributed by atoms with Gasteiger partial charge in [-0.05, 0) is 29.8 Å². The van der Waals surface area contributed by atoms with E-state index in [1.165, 1.54) is 18.3 Å². The number of pyridine rings is 1. The zero-order valence-electron chi connectivity index (χ0n) is 15.0. The molecule has 154 valence electrons. The number of sulfonamides is 1. The highest BCUT2D eigenvalue weighted by Crippen LogP contribution is 2.27. The van der Waals surface area contributed by atoms with E-state index in [-0.39, 0.29) is 17.9 Å². The van der Waals surface area contributed by atoms with Gasteiger partial charge in [-0.15, -0.1) is 8.78 Å². The summed E-state index contributed by atoms with van der Waals surface area (Å²) in [5, 5.41) is 5.23. The molecule has 1 amide bonds. The first-order valence-corrected chi connectivity index (χ1v) is 10.0. The van der Waals surface area contributed by atoms with E-state index in [2.05, 4.69) is 29.8 Å². The van der Waals surface area contributed by atoms with Gasteiger partial charge in [-0.25, -0.2) is 13.4 Å². The Morgan fingerprint density at radius 1 is 1.24 bits per heavy atom. The molecule has 12 heteroatoms.